The van der Waals surface area contributed by atoms with Crippen LogP contribution in [0, 0.1) is 5.41 Å². The van der Waals surface area contributed by atoms with Gasteiger partial charge in [0.25, 0.3) is 0 Å². The van der Waals surface area contributed by atoms with Gasteiger partial charge in [0.1, 0.15) is 11.8 Å². The average molecular weight is 277 g/mol. The fourth-order valence-corrected chi connectivity index (χ4v) is 1.75. The Hall–Kier alpha value is -1.97. The van der Waals surface area contributed by atoms with E-state index in [0.717, 1.165) is 17.0 Å². The van der Waals surface area contributed by atoms with Crippen molar-refractivity contribution in [3.05, 3.63) is 36.4 Å². The van der Waals surface area contributed by atoms with Crippen molar-refractivity contribution in [1.29, 1.82) is 0 Å². The van der Waals surface area contributed by atoms with Crippen LogP contribution in [-0.2, 0) is 9.53 Å². The zero-order valence-electron chi connectivity index (χ0n) is 12.8. The summed E-state index contributed by atoms with van der Waals surface area (Å²) in [5, 5.41) is 3.21. The average Bonchev–Trinajstić information content (AvgIpc) is 2.44. The van der Waals surface area contributed by atoms with Crippen molar-refractivity contribution < 1.29 is 14.3 Å². The Morgan fingerprint density at radius 2 is 1.80 bits per heavy atom. The summed E-state index contributed by atoms with van der Waals surface area (Å²) in [5.74, 6) is 0.457. The number of hydrogen-bond donors (Lipinski definition) is 1. The van der Waals surface area contributed by atoms with Gasteiger partial charge in [-0.05, 0) is 31.2 Å². The molecule has 0 aromatic heterocycles. The van der Waals surface area contributed by atoms with E-state index in [1.807, 2.05) is 45.0 Å². The van der Waals surface area contributed by atoms with Crippen LogP contribution in [0.2, 0.25) is 0 Å². The summed E-state index contributed by atoms with van der Waals surface area (Å²) in [4.78, 5) is 12.0. The first-order chi connectivity index (χ1) is 9.32. The molecule has 1 aromatic carbocycles. The molecule has 20 heavy (non-hydrogen) atoms. The molecule has 1 atom stereocenters. The summed E-state index contributed by atoms with van der Waals surface area (Å²) in [6.45, 7) is 9.81. The summed E-state index contributed by atoms with van der Waals surface area (Å²) in [6, 6.07) is 6.90. The van der Waals surface area contributed by atoms with Crippen LogP contribution in [0.5, 0.6) is 5.75 Å². The Balaban J connectivity index is 3.00. The van der Waals surface area contributed by atoms with E-state index in [0.29, 0.717) is 0 Å². The number of carbonyl (C=O) groups excluding carboxylic acids is 1. The van der Waals surface area contributed by atoms with Gasteiger partial charge in [0.2, 0.25) is 0 Å². The first-order valence-corrected chi connectivity index (χ1v) is 6.47. The first-order valence-electron chi connectivity index (χ1n) is 6.47. The van der Waals surface area contributed by atoms with Gasteiger partial charge < -0.3 is 14.8 Å². The Bertz CT molecular complexity index is 477. The van der Waals surface area contributed by atoms with Gasteiger partial charge in [-0.2, -0.15) is 0 Å². The number of carbonyl (C=O) groups is 1. The highest BCUT2D eigenvalue weighted by atomic mass is 16.5. The van der Waals surface area contributed by atoms with E-state index in [2.05, 4.69) is 11.9 Å². The van der Waals surface area contributed by atoms with E-state index in [1.165, 1.54) is 7.11 Å². The largest absolute Gasteiger partial charge is 0.497 e. The zero-order valence-corrected chi connectivity index (χ0v) is 12.8. The summed E-state index contributed by atoms with van der Waals surface area (Å²) in [6.07, 6.45) is 0. The molecule has 0 heterocycles. The van der Waals surface area contributed by atoms with Crippen LogP contribution in [0.15, 0.2) is 36.4 Å². The molecule has 0 aliphatic rings. The highest BCUT2D eigenvalue weighted by molar-refractivity contribution is 5.81. The normalized spacial score (nSPS) is 12.4. The SMILES string of the molecule is C=C(C)C(C)(C)[C@H](Nc1ccc(OC)cc1)C(=O)OC. The van der Waals surface area contributed by atoms with Gasteiger partial charge in [-0.15, -0.1) is 0 Å². The molecule has 1 N–H and O–H groups in total. The minimum atomic E-state index is -0.501. The maximum atomic E-state index is 12.0. The maximum absolute atomic E-state index is 12.0. The number of esters is 1. The molecule has 110 valence electrons. The van der Waals surface area contributed by atoms with Crippen molar-refractivity contribution in [1.82, 2.24) is 0 Å². The topological polar surface area (TPSA) is 47.6 Å². The third-order valence-corrected chi connectivity index (χ3v) is 3.66. The van der Waals surface area contributed by atoms with Crippen molar-refractivity contribution >= 4 is 11.7 Å². The Labute approximate surface area is 120 Å². The van der Waals surface area contributed by atoms with Crippen LogP contribution in [0.1, 0.15) is 20.8 Å². The predicted octanol–water partition coefficient (Wildman–Crippen LogP) is 3.25. The van der Waals surface area contributed by atoms with E-state index < -0.39 is 11.5 Å². The smallest absolute Gasteiger partial charge is 0.329 e. The van der Waals surface area contributed by atoms with Crippen LogP contribution in [0.4, 0.5) is 5.69 Å². The van der Waals surface area contributed by atoms with E-state index in [4.69, 9.17) is 9.47 Å². The molecule has 0 radical (unpaired) electrons. The quantitative estimate of drug-likeness (QED) is 0.640. The number of nitrogens with one attached hydrogen (secondary N) is 1. The van der Waals surface area contributed by atoms with Crippen LogP contribution >= 0.6 is 0 Å². The molecule has 0 fully saturated rings. The summed E-state index contributed by atoms with van der Waals surface area (Å²) in [7, 11) is 3.00. The zero-order chi connectivity index (χ0) is 15.3. The lowest BCUT2D eigenvalue weighted by molar-refractivity contribution is -0.143. The van der Waals surface area contributed by atoms with Crippen molar-refractivity contribution in [2.75, 3.05) is 19.5 Å². The predicted molar refractivity (Wildman–Crippen MR) is 81.0 cm³/mol. The molecular formula is C16H23NO3. The van der Waals surface area contributed by atoms with Gasteiger partial charge in [0, 0.05) is 11.1 Å². The van der Waals surface area contributed by atoms with Gasteiger partial charge in [-0.1, -0.05) is 26.0 Å². The van der Waals surface area contributed by atoms with Crippen LogP contribution in [0.3, 0.4) is 0 Å². The minimum absolute atomic E-state index is 0.311. The van der Waals surface area contributed by atoms with Crippen LogP contribution in [-0.4, -0.2) is 26.2 Å². The number of methoxy groups -OCH3 is 2. The number of benzene rings is 1. The maximum Gasteiger partial charge on any atom is 0.329 e. The molecule has 1 rings (SSSR count). The minimum Gasteiger partial charge on any atom is -0.497 e. The first kappa shape index (κ1) is 16.1. The summed E-state index contributed by atoms with van der Waals surface area (Å²) in [5.41, 5.74) is 1.32. The van der Waals surface area contributed by atoms with Crippen LogP contribution < -0.4 is 10.1 Å². The molecule has 0 saturated carbocycles. The molecule has 0 spiro atoms. The Morgan fingerprint density at radius 1 is 1.25 bits per heavy atom. The van der Waals surface area contributed by atoms with Crippen molar-refractivity contribution in [3.8, 4) is 5.75 Å². The number of anilines is 1. The monoisotopic (exact) mass is 277 g/mol. The fourth-order valence-electron chi connectivity index (χ4n) is 1.75. The van der Waals surface area contributed by atoms with Gasteiger partial charge in [0.05, 0.1) is 14.2 Å². The Morgan fingerprint density at radius 3 is 2.20 bits per heavy atom. The van der Waals surface area contributed by atoms with Gasteiger partial charge in [-0.25, -0.2) is 4.79 Å². The molecule has 4 heteroatoms. The highest BCUT2D eigenvalue weighted by Crippen LogP contribution is 2.32. The summed E-state index contributed by atoms with van der Waals surface area (Å²) < 4.78 is 10.0. The highest BCUT2D eigenvalue weighted by Gasteiger charge is 2.36. The molecule has 0 aliphatic heterocycles. The van der Waals surface area contributed by atoms with E-state index in [-0.39, 0.29) is 5.97 Å². The molecule has 0 aliphatic carbocycles. The molecule has 4 nitrogen and oxygen atoms in total. The van der Waals surface area contributed by atoms with Crippen LogP contribution in [0.25, 0.3) is 0 Å². The number of rotatable bonds is 6. The standard InChI is InChI=1S/C16H23NO3/c1-11(2)16(3,4)14(15(18)20-6)17-12-7-9-13(19-5)10-8-12/h7-10,14,17H,1H2,2-6H3/t14-/m1/s1. The number of hydrogen-bond acceptors (Lipinski definition) is 4. The lowest BCUT2D eigenvalue weighted by Gasteiger charge is -2.34. The fraction of sp³-hybridized carbons (Fsp3) is 0.438. The molecular weight excluding hydrogens is 254 g/mol. The second kappa shape index (κ2) is 6.46. The third-order valence-electron chi connectivity index (χ3n) is 3.66. The van der Waals surface area contributed by atoms with Gasteiger partial charge in [0.15, 0.2) is 0 Å². The van der Waals surface area contributed by atoms with E-state index >= 15 is 0 Å². The Kier molecular flexibility index (Phi) is 5.19. The lowest BCUT2D eigenvalue weighted by atomic mass is 9.78. The molecule has 0 bridgehead atoms. The van der Waals surface area contributed by atoms with Gasteiger partial charge >= 0.3 is 5.97 Å². The van der Waals surface area contributed by atoms with Gasteiger partial charge in [-0.3, -0.25) is 0 Å². The van der Waals surface area contributed by atoms with E-state index in [1.54, 1.807) is 7.11 Å². The van der Waals surface area contributed by atoms with Crippen molar-refractivity contribution in [2.24, 2.45) is 5.41 Å². The molecule has 0 unspecified atom stereocenters. The van der Waals surface area contributed by atoms with Crippen molar-refractivity contribution in [2.45, 2.75) is 26.8 Å². The second-order valence-corrected chi connectivity index (χ2v) is 5.33. The number of ether oxygens (including phenoxy) is 2. The van der Waals surface area contributed by atoms with Crippen molar-refractivity contribution in [3.63, 3.8) is 0 Å². The molecule has 0 saturated heterocycles. The third kappa shape index (κ3) is 3.53. The molecule has 0 amide bonds. The molecule has 1 aromatic rings. The summed E-state index contributed by atoms with van der Waals surface area (Å²) >= 11 is 0. The lowest BCUT2D eigenvalue weighted by Crippen LogP contribution is -2.44. The second-order valence-electron chi connectivity index (χ2n) is 5.33. The van der Waals surface area contributed by atoms with E-state index in [9.17, 15) is 4.79 Å².